The predicted octanol–water partition coefficient (Wildman–Crippen LogP) is 1.97. The molecule has 1 aromatic heterocycles. The number of non-ortho nitro benzene ring substituents is 1. The first-order chi connectivity index (χ1) is 8.41. The fourth-order valence-electron chi connectivity index (χ4n) is 1.28. The molecule has 0 saturated heterocycles. The van der Waals surface area contributed by atoms with Crippen molar-refractivity contribution in [3.63, 3.8) is 0 Å². The first-order valence-electron chi connectivity index (χ1n) is 4.97. The number of nitrogens with zero attached hydrogens (tertiary/aromatic N) is 2. The Balaban J connectivity index is 2.42. The van der Waals surface area contributed by atoms with Gasteiger partial charge in [0.25, 0.3) is 5.69 Å². The molecule has 1 N–H and O–H groups in total. The van der Waals surface area contributed by atoms with Crippen LogP contribution in [0.2, 0.25) is 0 Å². The Morgan fingerprint density at radius 3 is 2.83 bits per heavy atom. The molecule has 0 radical (unpaired) electrons. The Labute approximate surface area is 107 Å². The summed E-state index contributed by atoms with van der Waals surface area (Å²) in [5.41, 5.74) is 0.482. The second-order valence-electron chi connectivity index (χ2n) is 3.43. The minimum Gasteiger partial charge on any atom is -0.259 e. The number of fused-ring (bicyclic) bond motifs is 1. The molecule has 0 aliphatic carbocycles. The van der Waals surface area contributed by atoms with Gasteiger partial charge in [0.2, 0.25) is 10.0 Å². The molecule has 0 atom stereocenters. The maximum Gasteiger partial charge on any atom is 0.270 e. The summed E-state index contributed by atoms with van der Waals surface area (Å²) < 4.78 is 25.6. The molecule has 0 aliphatic heterocycles. The van der Waals surface area contributed by atoms with E-state index in [-0.39, 0.29) is 16.6 Å². The first-order valence-corrected chi connectivity index (χ1v) is 7.43. The largest absolute Gasteiger partial charge is 0.270 e. The van der Waals surface area contributed by atoms with E-state index in [0.29, 0.717) is 10.2 Å². The average Bonchev–Trinajstić information content (AvgIpc) is 2.68. The van der Waals surface area contributed by atoms with Crippen LogP contribution in [-0.2, 0) is 10.0 Å². The molecule has 0 unspecified atom stereocenters. The van der Waals surface area contributed by atoms with E-state index in [9.17, 15) is 18.5 Å². The third-order valence-corrected chi connectivity index (χ3v) is 4.53. The van der Waals surface area contributed by atoms with Gasteiger partial charge in [0.1, 0.15) is 0 Å². The first kappa shape index (κ1) is 12.7. The normalized spacial score (nSPS) is 11.6. The van der Waals surface area contributed by atoms with Crippen molar-refractivity contribution in [1.29, 1.82) is 0 Å². The number of aromatic nitrogens is 1. The third-order valence-electron chi connectivity index (χ3n) is 2.21. The molecule has 0 bridgehead atoms. The molecule has 0 spiro atoms. The Kier molecular flexibility index (Phi) is 3.18. The van der Waals surface area contributed by atoms with Crippen LogP contribution in [0.3, 0.4) is 0 Å². The van der Waals surface area contributed by atoms with Crippen molar-refractivity contribution in [2.24, 2.45) is 0 Å². The average molecular weight is 287 g/mol. The Bertz CT molecular complexity index is 708. The van der Waals surface area contributed by atoms with Crippen LogP contribution >= 0.6 is 11.3 Å². The monoisotopic (exact) mass is 287 g/mol. The lowest BCUT2D eigenvalue weighted by Gasteiger charge is -1.99. The zero-order chi connectivity index (χ0) is 13.3. The number of benzene rings is 1. The lowest BCUT2D eigenvalue weighted by atomic mass is 10.3. The number of thiazole rings is 1. The van der Waals surface area contributed by atoms with Crippen LogP contribution in [0.5, 0.6) is 0 Å². The molecule has 2 rings (SSSR count). The van der Waals surface area contributed by atoms with Crippen molar-refractivity contribution in [2.45, 2.75) is 6.92 Å². The molecule has 18 heavy (non-hydrogen) atoms. The van der Waals surface area contributed by atoms with Gasteiger partial charge in [-0.15, -0.1) is 0 Å². The lowest BCUT2D eigenvalue weighted by molar-refractivity contribution is -0.384. The highest BCUT2D eigenvalue weighted by atomic mass is 32.2. The number of anilines is 1. The van der Waals surface area contributed by atoms with Gasteiger partial charge in [-0.25, -0.2) is 13.4 Å². The van der Waals surface area contributed by atoms with E-state index >= 15 is 0 Å². The molecule has 0 saturated carbocycles. The second kappa shape index (κ2) is 4.50. The summed E-state index contributed by atoms with van der Waals surface area (Å²) in [5, 5.41) is 10.8. The highest BCUT2D eigenvalue weighted by molar-refractivity contribution is 7.92. The number of rotatable bonds is 4. The molecule has 7 nitrogen and oxygen atoms in total. The molecule has 1 heterocycles. The van der Waals surface area contributed by atoms with Gasteiger partial charge in [0, 0.05) is 12.1 Å². The van der Waals surface area contributed by atoms with Crippen LogP contribution in [0.25, 0.3) is 10.2 Å². The van der Waals surface area contributed by atoms with Gasteiger partial charge in [-0.3, -0.25) is 14.8 Å². The summed E-state index contributed by atoms with van der Waals surface area (Å²) in [6.07, 6.45) is 0. The van der Waals surface area contributed by atoms with E-state index in [4.69, 9.17) is 0 Å². The van der Waals surface area contributed by atoms with Crippen molar-refractivity contribution in [2.75, 3.05) is 10.5 Å². The van der Waals surface area contributed by atoms with Crippen LogP contribution in [0.4, 0.5) is 10.8 Å². The van der Waals surface area contributed by atoms with Crippen LogP contribution in [-0.4, -0.2) is 24.1 Å². The summed E-state index contributed by atoms with van der Waals surface area (Å²) in [6, 6.07) is 4.20. The molecule has 96 valence electrons. The zero-order valence-electron chi connectivity index (χ0n) is 9.28. The van der Waals surface area contributed by atoms with Gasteiger partial charge in [-0.2, -0.15) is 0 Å². The van der Waals surface area contributed by atoms with E-state index in [1.54, 1.807) is 0 Å². The molecule has 1 aromatic carbocycles. The summed E-state index contributed by atoms with van der Waals surface area (Å²) in [7, 11) is -3.38. The maximum absolute atomic E-state index is 11.4. The lowest BCUT2D eigenvalue weighted by Crippen LogP contribution is -2.14. The van der Waals surface area contributed by atoms with Gasteiger partial charge < -0.3 is 0 Å². The SMILES string of the molecule is CCS(=O)(=O)Nc1nc2ccc([N+](=O)[O-])cc2s1. The van der Waals surface area contributed by atoms with E-state index in [0.717, 1.165) is 11.3 Å². The fourth-order valence-corrected chi connectivity index (χ4v) is 3.03. The molecular weight excluding hydrogens is 278 g/mol. The predicted molar refractivity (Wildman–Crippen MR) is 69.4 cm³/mol. The van der Waals surface area contributed by atoms with E-state index in [2.05, 4.69) is 9.71 Å². The van der Waals surface area contributed by atoms with Gasteiger partial charge in [0.15, 0.2) is 5.13 Å². The van der Waals surface area contributed by atoms with Crippen molar-refractivity contribution in [3.8, 4) is 0 Å². The topological polar surface area (TPSA) is 102 Å². The van der Waals surface area contributed by atoms with Crippen molar-refractivity contribution < 1.29 is 13.3 Å². The molecule has 0 aliphatic rings. The molecular formula is C9H9N3O4S2. The molecule has 2 aromatic rings. The van der Waals surface area contributed by atoms with E-state index in [1.165, 1.54) is 25.1 Å². The van der Waals surface area contributed by atoms with Gasteiger partial charge in [0.05, 0.1) is 20.9 Å². The quantitative estimate of drug-likeness (QED) is 0.684. The van der Waals surface area contributed by atoms with Gasteiger partial charge in [-0.1, -0.05) is 11.3 Å². The minimum absolute atomic E-state index is 0.0453. The number of nitro benzene ring substituents is 1. The van der Waals surface area contributed by atoms with Crippen molar-refractivity contribution in [1.82, 2.24) is 4.98 Å². The van der Waals surface area contributed by atoms with Crippen LogP contribution < -0.4 is 4.72 Å². The molecule has 9 heteroatoms. The van der Waals surface area contributed by atoms with Crippen LogP contribution in [0, 0.1) is 10.1 Å². The standard InChI is InChI=1S/C9H9N3O4S2/c1-2-18(15,16)11-9-10-7-4-3-6(12(13)14)5-8(7)17-9/h3-5H,2H2,1H3,(H,10,11). The summed E-state index contributed by atoms with van der Waals surface area (Å²) in [5.74, 6) is -0.0525. The fraction of sp³-hybridized carbons (Fsp3) is 0.222. The van der Waals surface area contributed by atoms with E-state index in [1.807, 2.05) is 0 Å². The number of nitrogens with one attached hydrogen (secondary N) is 1. The summed E-state index contributed by atoms with van der Waals surface area (Å²) in [6.45, 7) is 1.51. The van der Waals surface area contributed by atoms with Crippen LogP contribution in [0.15, 0.2) is 18.2 Å². The number of hydrogen-bond donors (Lipinski definition) is 1. The minimum atomic E-state index is -3.38. The highest BCUT2D eigenvalue weighted by Gasteiger charge is 2.13. The van der Waals surface area contributed by atoms with Crippen molar-refractivity contribution >= 4 is 42.4 Å². The zero-order valence-corrected chi connectivity index (χ0v) is 10.9. The smallest absolute Gasteiger partial charge is 0.259 e. The van der Waals surface area contributed by atoms with Gasteiger partial charge in [-0.05, 0) is 13.0 Å². The second-order valence-corrected chi connectivity index (χ2v) is 6.48. The highest BCUT2D eigenvalue weighted by Crippen LogP contribution is 2.29. The maximum atomic E-state index is 11.4. The number of hydrogen-bond acceptors (Lipinski definition) is 6. The third kappa shape index (κ3) is 2.57. The summed E-state index contributed by atoms with van der Waals surface area (Å²) in [4.78, 5) is 14.2. The van der Waals surface area contributed by atoms with E-state index < -0.39 is 14.9 Å². The molecule has 0 amide bonds. The summed E-state index contributed by atoms with van der Waals surface area (Å²) >= 11 is 1.07. The Morgan fingerprint density at radius 1 is 1.50 bits per heavy atom. The Hall–Kier alpha value is -1.74. The Morgan fingerprint density at radius 2 is 2.22 bits per heavy atom. The van der Waals surface area contributed by atoms with Gasteiger partial charge >= 0.3 is 0 Å². The van der Waals surface area contributed by atoms with Crippen LogP contribution in [0.1, 0.15) is 6.92 Å². The number of nitro groups is 1. The number of sulfonamides is 1. The molecule has 0 fully saturated rings. The van der Waals surface area contributed by atoms with Crippen molar-refractivity contribution in [3.05, 3.63) is 28.3 Å².